The number of aliphatic carboxylic acids is 1. The summed E-state index contributed by atoms with van der Waals surface area (Å²) in [6.45, 7) is 6.35. The lowest BCUT2D eigenvalue weighted by molar-refractivity contribution is -0.162. The number of carboxylic acid groups (broad SMARTS) is 1. The topological polar surface area (TPSA) is 57.6 Å². The molecule has 16 heavy (non-hydrogen) atoms. The van der Waals surface area contributed by atoms with E-state index in [1.807, 2.05) is 13.8 Å². The van der Waals surface area contributed by atoms with Crippen molar-refractivity contribution in [2.75, 3.05) is 6.54 Å². The molecule has 4 nitrogen and oxygen atoms in total. The van der Waals surface area contributed by atoms with Crippen LogP contribution in [-0.4, -0.2) is 34.5 Å². The van der Waals surface area contributed by atoms with Gasteiger partial charge in [0.15, 0.2) is 0 Å². The molecule has 0 aliphatic heterocycles. The smallest absolute Gasteiger partial charge is 0.329 e. The van der Waals surface area contributed by atoms with E-state index in [-0.39, 0.29) is 5.92 Å². The van der Waals surface area contributed by atoms with Crippen LogP contribution in [0.25, 0.3) is 0 Å². The highest BCUT2D eigenvalue weighted by atomic mass is 16.4. The molecule has 4 heteroatoms. The van der Waals surface area contributed by atoms with Gasteiger partial charge in [0.2, 0.25) is 6.41 Å². The molecule has 1 N–H and O–H groups in total. The maximum atomic E-state index is 11.6. The molecule has 1 aliphatic carbocycles. The van der Waals surface area contributed by atoms with Crippen LogP contribution < -0.4 is 0 Å². The van der Waals surface area contributed by atoms with Crippen molar-refractivity contribution in [3.8, 4) is 0 Å². The molecule has 0 radical (unpaired) electrons. The molecular weight excluding hydrogens is 206 g/mol. The van der Waals surface area contributed by atoms with Crippen LogP contribution in [0.4, 0.5) is 0 Å². The second-order valence-corrected chi connectivity index (χ2v) is 4.90. The normalized spacial score (nSPS) is 34.4. The van der Waals surface area contributed by atoms with Gasteiger partial charge in [-0.1, -0.05) is 13.8 Å². The molecule has 0 saturated heterocycles. The summed E-state index contributed by atoms with van der Waals surface area (Å²) < 4.78 is 0. The monoisotopic (exact) mass is 227 g/mol. The van der Waals surface area contributed by atoms with E-state index in [9.17, 15) is 14.7 Å². The van der Waals surface area contributed by atoms with Crippen LogP contribution in [0, 0.1) is 11.8 Å². The summed E-state index contributed by atoms with van der Waals surface area (Å²) in [4.78, 5) is 24.0. The molecule has 1 aliphatic rings. The molecule has 1 fully saturated rings. The van der Waals surface area contributed by atoms with Gasteiger partial charge in [-0.25, -0.2) is 4.79 Å². The largest absolute Gasteiger partial charge is 0.479 e. The number of hydrogen-bond acceptors (Lipinski definition) is 2. The SMILES string of the molecule is CCN(C=O)C1(C(=O)O)CCC(C)CC1C. The summed E-state index contributed by atoms with van der Waals surface area (Å²) in [5.74, 6) is -0.299. The Bertz CT molecular complexity index is 279. The van der Waals surface area contributed by atoms with Crippen molar-refractivity contribution in [1.29, 1.82) is 0 Å². The lowest BCUT2D eigenvalue weighted by atomic mass is 9.69. The fraction of sp³-hybridized carbons (Fsp3) is 0.833. The van der Waals surface area contributed by atoms with Crippen LogP contribution in [0.2, 0.25) is 0 Å². The third-order valence-electron chi connectivity index (χ3n) is 3.94. The molecule has 0 spiro atoms. The number of carbonyl (C=O) groups excluding carboxylic acids is 1. The van der Waals surface area contributed by atoms with Crippen molar-refractivity contribution < 1.29 is 14.7 Å². The quantitative estimate of drug-likeness (QED) is 0.744. The van der Waals surface area contributed by atoms with Gasteiger partial charge in [0.1, 0.15) is 5.54 Å². The zero-order valence-electron chi connectivity index (χ0n) is 10.3. The number of amides is 1. The van der Waals surface area contributed by atoms with Crippen molar-refractivity contribution in [2.24, 2.45) is 11.8 Å². The number of carboxylic acids is 1. The number of likely N-dealkylation sites (N-methyl/N-ethyl adjacent to an activating group) is 1. The van der Waals surface area contributed by atoms with Crippen LogP contribution >= 0.6 is 0 Å². The van der Waals surface area contributed by atoms with E-state index < -0.39 is 11.5 Å². The Morgan fingerprint density at radius 2 is 2.19 bits per heavy atom. The molecule has 0 bridgehead atoms. The highest BCUT2D eigenvalue weighted by molar-refractivity contribution is 5.82. The van der Waals surface area contributed by atoms with Gasteiger partial charge < -0.3 is 10.0 Å². The molecule has 92 valence electrons. The number of carbonyl (C=O) groups is 2. The van der Waals surface area contributed by atoms with E-state index in [0.29, 0.717) is 25.3 Å². The highest BCUT2D eigenvalue weighted by Crippen LogP contribution is 2.40. The third kappa shape index (κ3) is 1.93. The molecule has 0 aromatic carbocycles. The van der Waals surface area contributed by atoms with Gasteiger partial charge >= 0.3 is 5.97 Å². The number of rotatable bonds is 4. The van der Waals surface area contributed by atoms with Crippen molar-refractivity contribution in [3.05, 3.63) is 0 Å². The van der Waals surface area contributed by atoms with Gasteiger partial charge in [0.05, 0.1) is 0 Å². The van der Waals surface area contributed by atoms with Crippen molar-refractivity contribution >= 4 is 12.4 Å². The van der Waals surface area contributed by atoms with Gasteiger partial charge in [-0.05, 0) is 38.0 Å². The zero-order chi connectivity index (χ0) is 12.3. The Morgan fingerprint density at radius 1 is 1.56 bits per heavy atom. The summed E-state index contributed by atoms with van der Waals surface area (Å²) in [6, 6.07) is 0. The Balaban J connectivity index is 3.05. The molecule has 1 saturated carbocycles. The third-order valence-corrected chi connectivity index (χ3v) is 3.94. The van der Waals surface area contributed by atoms with Gasteiger partial charge in [-0.2, -0.15) is 0 Å². The first-order valence-electron chi connectivity index (χ1n) is 5.94. The molecule has 0 aromatic heterocycles. The van der Waals surface area contributed by atoms with Crippen LogP contribution in [0.15, 0.2) is 0 Å². The first kappa shape index (κ1) is 13.0. The van der Waals surface area contributed by atoms with Crippen LogP contribution in [0.5, 0.6) is 0 Å². The van der Waals surface area contributed by atoms with E-state index in [0.717, 1.165) is 12.8 Å². The van der Waals surface area contributed by atoms with E-state index in [1.54, 1.807) is 0 Å². The predicted molar refractivity (Wildman–Crippen MR) is 61.0 cm³/mol. The second kappa shape index (κ2) is 4.85. The Morgan fingerprint density at radius 3 is 2.56 bits per heavy atom. The van der Waals surface area contributed by atoms with E-state index >= 15 is 0 Å². The van der Waals surface area contributed by atoms with E-state index in [4.69, 9.17) is 0 Å². The van der Waals surface area contributed by atoms with Gasteiger partial charge in [-0.3, -0.25) is 4.79 Å². The fourth-order valence-corrected chi connectivity index (χ4v) is 2.95. The van der Waals surface area contributed by atoms with E-state index in [1.165, 1.54) is 4.90 Å². The van der Waals surface area contributed by atoms with E-state index in [2.05, 4.69) is 6.92 Å². The summed E-state index contributed by atoms with van der Waals surface area (Å²) in [7, 11) is 0. The van der Waals surface area contributed by atoms with Gasteiger partial charge in [0, 0.05) is 6.54 Å². The highest BCUT2D eigenvalue weighted by Gasteiger charge is 2.50. The number of nitrogens with zero attached hydrogens (tertiary/aromatic N) is 1. The maximum Gasteiger partial charge on any atom is 0.329 e. The standard InChI is InChI=1S/C12H21NO3/c1-4-13(8-14)12(11(15)16)6-5-9(2)7-10(12)3/h8-10H,4-7H2,1-3H3,(H,15,16). The van der Waals surface area contributed by atoms with Crippen LogP contribution in [-0.2, 0) is 9.59 Å². The molecule has 3 atom stereocenters. The molecule has 0 aromatic rings. The molecule has 1 amide bonds. The predicted octanol–water partition coefficient (Wildman–Crippen LogP) is 1.74. The molecule has 1 rings (SSSR count). The zero-order valence-corrected chi connectivity index (χ0v) is 10.3. The van der Waals surface area contributed by atoms with Crippen LogP contribution in [0.1, 0.15) is 40.0 Å². The van der Waals surface area contributed by atoms with Crippen molar-refractivity contribution in [3.63, 3.8) is 0 Å². The minimum absolute atomic E-state index is 0.0129. The number of hydrogen-bond donors (Lipinski definition) is 1. The van der Waals surface area contributed by atoms with Crippen molar-refractivity contribution in [1.82, 2.24) is 4.90 Å². The summed E-state index contributed by atoms with van der Waals surface area (Å²) in [5.41, 5.74) is -0.983. The lowest BCUT2D eigenvalue weighted by Gasteiger charge is -2.46. The lowest BCUT2D eigenvalue weighted by Crippen LogP contribution is -2.60. The minimum atomic E-state index is -0.983. The molecule has 0 heterocycles. The van der Waals surface area contributed by atoms with Crippen LogP contribution in [0.3, 0.4) is 0 Å². The average molecular weight is 227 g/mol. The summed E-state index contributed by atoms with van der Waals surface area (Å²) in [5, 5.41) is 9.48. The van der Waals surface area contributed by atoms with Gasteiger partial charge in [0.25, 0.3) is 0 Å². The minimum Gasteiger partial charge on any atom is -0.479 e. The molecular formula is C12H21NO3. The van der Waals surface area contributed by atoms with Crippen molar-refractivity contribution in [2.45, 2.75) is 45.6 Å². The Labute approximate surface area is 96.6 Å². The maximum absolute atomic E-state index is 11.6. The Hall–Kier alpha value is -1.06. The first-order valence-corrected chi connectivity index (χ1v) is 5.94. The fourth-order valence-electron chi connectivity index (χ4n) is 2.95. The van der Waals surface area contributed by atoms with Gasteiger partial charge in [-0.15, -0.1) is 0 Å². The second-order valence-electron chi connectivity index (χ2n) is 4.90. The first-order chi connectivity index (χ1) is 7.48. The Kier molecular flexibility index (Phi) is 3.94. The molecule has 3 unspecified atom stereocenters. The summed E-state index contributed by atoms with van der Waals surface area (Å²) >= 11 is 0. The average Bonchev–Trinajstić information content (AvgIpc) is 2.22. The summed E-state index contributed by atoms with van der Waals surface area (Å²) in [6.07, 6.45) is 3.00.